The molecule has 0 aromatic carbocycles. The molecule has 2 heterocycles. The molecular weight excluding hydrogens is 660 g/mol. The van der Waals surface area contributed by atoms with Gasteiger partial charge in [0.25, 0.3) is 17.8 Å². The number of hydrogen-bond acceptors (Lipinski definition) is 21. The molecule has 2 aliphatic rings. The summed E-state index contributed by atoms with van der Waals surface area (Å²) >= 11 is 1.06. The van der Waals surface area contributed by atoms with Crippen molar-refractivity contribution in [2.24, 2.45) is 0 Å². The van der Waals surface area contributed by atoms with Gasteiger partial charge in [-0.15, -0.1) is 4.33 Å². The minimum atomic E-state index is -1.36. The molecule has 3 atom stereocenters. The summed E-state index contributed by atoms with van der Waals surface area (Å²) in [5.41, 5.74) is 0. The Balaban J connectivity index is -0.000000230. The van der Waals surface area contributed by atoms with Crippen LogP contribution in [0.2, 0.25) is 0 Å². The third-order valence-electron chi connectivity index (χ3n) is 3.10. The van der Waals surface area contributed by atoms with E-state index in [2.05, 4.69) is 32.9 Å². The van der Waals surface area contributed by atoms with Crippen LogP contribution in [0.3, 0.4) is 0 Å². The van der Waals surface area contributed by atoms with Gasteiger partial charge in [-0.1, -0.05) is 5.04 Å². The minimum absolute atomic E-state index is 0. The molecule has 0 bridgehead atoms. The number of cyclic esters (lactones) is 2. The zero-order valence-corrected chi connectivity index (χ0v) is 27.2. The third-order valence-corrected chi connectivity index (χ3v) is 5.30. The maximum atomic E-state index is 10.8. The molecule has 2 saturated heterocycles. The number of hydrogen-bond donors (Lipinski definition) is 5. The average Bonchev–Trinajstić information content (AvgIpc) is 3.30. The topological polar surface area (TPSA) is 335 Å². The predicted octanol–water partition coefficient (Wildman–Crippen LogP) is -8.84. The fraction of sp³-hybridized carbons (Fsp3) is 0.500. The number of esters is 2. The molecule has 0 aromatic heterocycles. The van der Waals surface area contributed by atoms with Crippen molar-refractivity contribution in [1.82, 2.24) is 5.06 Å². The zero-order chi connectivity index (χ0) is 30.5. The number of carboxylic acid groups (broad SMARTS) is 3. The SMILES string of the molecule is CC(=O)O.O=C(O)CC(SOOO)C(=O)O.O=C1CC(SOO[O-])C(=O)N1O.O=C1CC(SOO[O-])C(=O)O1.[Na+].[Na+]. The van der Waals surface area contributed by atoms with E-state index in [1.54, 1.807) is 0 Å². The van der Waals surface area contributed by atoms with E-state index in [4.69, 9.17) is 30.6 Å². The molecule has 2 fully saturated rings. The van der Waals surface area contributed by atoms with Crippen LogP contribution < -0.4 is 69.6 Å². The van der Waals surface area contributed by atoms with E-state index in [0.29, 0.717) is 24.1 Å². The van der Waals surface area contributed by atoms with Gasteiger partial charge in [0, 0.05) is 31.0 Å². The molecule has 0 aromatic rings. The molecule has 0 spiro atoms. The van der Waals surface area contributed by atoms with Crippen LogP contribution in [0.15, 0.2) is 0 Å². The summed E-state index contributed by atoms with van der Waals surface area (Å²) in [6.45, 7) is 1.08. The van der Waals surface area contributed by atoms with Crippen LogP contribution in [-0.4, -0.2) is 88.3 Å². The van der Waals surface area contributed by atoms with Crippen molar-refractivity contribution < 1.29 is 162 Å². The number of nitrogens with zero attached hydrogens (tertiary/aromatic N) is 1. The number of carbonyl (C=O) groups is 7. The van der Waals surface area contributed by atoms with Crippen LogP contribution in [0.4, 0.5) is 0 Å². The smallest absolute Gasteiger partial charge is 0.691 e. The molecular formula is C14H17NNa2O21S3. The van der Waals surface area contributed by atoms with Crippen molar-refractivity contribution in [2.75, 3.05) is 0 Å². The maximum absolute atomic E-state index is 10.8. The Hall–Kier alpha value is -0.660. The van der Waals surface area contributed by atoms with E-state index in [-0.39, 0.29) is 89.1 Å². The number of amides is 2. The van der Waals surface area contributed by atoms with Crippen molar-refractivity contribution in [2.45, 2.75) is 41.9 Å². The van der Waals surface area contributed by atoms with Crippen molar-refractivity contribution in [1.29, 1.82) is 0 Å². The van der Waals surface area contributed by atoms with Crippen LogP contribution >= 0.6 is 36.1 Å². The monoisotopic (exact) mass is 677 g/mol. The predicted molar refractivity (Wildman–Crippen MR) is 110 cm³/mol. The van der Waals surface area contributed by atoms with Gasteiger partial charge in [0.05, 0.1) is 31.3 Å². The summed E-state index contributed by atoms with van der Waals surface area (Å²) in [7, 11) is 0. The fourth-order valence-electron chi connectivity index (χ4n) is 1.71. The van der Waals surface area contributed by atoms with Crippen LogP contribution in [-0.2, 0) is 66.4 Å². The Kier molecular flexibility index (Phi) is 32.4. The van der Waals surface area contributed by atoms with E-state index in [9.17, 15) is 39.3 Å². The van der Waals surface area contributed by atoms with Crippen molar-refractivity contribution in [3.8, 4) is 0 Å². The van der Waals surface area contributed by atoms with E-state index in [0.717, 1.165) is 6.92 Å². The van der Waals surface area contributed by atoms with Gasteiger partial charge in [-0.25, -0.2) is 5.26 Å². The first-order valence-corrected chi connectivity index (χ1v) is 11.4. The van der Waals surface area contributed by atoms with Gasteiger partial charge in [-0.2, -0.15) is 13.7 Å². The fourth-order valence-corrected chi connectivity index (χ4v) is 3.11. The molecule has 0 saturated carbocycles. The maximum Gasteiger partial charge on any atom is 1.00 e. The number of rotatable bonds is 12. The summed E-state index contributed by atoms with van der Waals surface area (Å²) in [6, 6.07) is 0. The molecule has 2 amide bonds. The summed E-state index contributed by atoms with van der Waals surface area (Å²) in [5.74, 6) is -6.36. The Labute approximate surface area is 284 Å². The molecule has 22 nitrogen and oxygen atoms in total. The van der Waals surface area contributed by atoms with Gasteiger partial charge in [-0.05, 0) is 0 Å². The van der Waals surface area contributed by atoms with Crippen LogP contribution in [0.5, 0.6) is 0 Å². The van der Waals surface area contributed by atoms with Gasteiger partial charge in [-0.3, -0.25) is 48.8 Å². The molecule has 41 heavy (non-hydrogen) atoms. The Morgan fingerprint density at radius 3 is 1.78 bits per heavy atom. The normalized spacial score (nSPS) is 17.6. The first-order valence-electron chi connectivity index (χ1n) is 9.03. The van der Waals surface area contributed by atoms with E-state index in [1.165, 1.54) is 0 Å². The van der Waals surface area contributed by atoms with Gasteiger partial charge >= 0.3 is 83.0 Å². The first-order chi connectivity index (χ1) is 18.2. The Morgan fingerprint density at radius 2 is 1.46 bits per heavy atom. The first kappa shape index (κ1) is 47.3. The van der Waals surface area contributed by atoms with E-state index < -0.39 is 63.8 Å². The van der Waals surface area contributed by atoms with Crippen LogP contribution in [0, 0.1) is 0 Å². The summed E-state index contributed by atoms with van der Waals surface area (Å²) in [4.78, 5) is 71.7. The summed E-state index contributed by atoms with van der Waals surface area (Å²) in [6.07, 6.45) is -0.917. The van der Waals surface area contributed by atoms with E-state index in [1.807, 2.05) is 0 Å². The number of carboxylic acids is 3. The standard InChI is InChI=1S/C4H5NO6S.C4H6O7S.C4H4O6S.C2H4O2.2Na/c6-3-1-2(12-11-10-9)4(7)5(3)8;5-3(6)1-2(4(7)8)12-11-10-9;5-3-1-2(4(6)8-3)11-10-9-7;1-2(3)4;;/h2,8-9H,1H2;2,9H,1H2,(H,5,6)(H,7,8);2,7H,1H2;1H3,(H,3,4);;/q;;;;2*+1/p-2. The molecule has 2 aliphatic heterocycles. The van der Waals surface area contributed by atoms with Gasteiger partial charge in [0.2, 0.25) is 0 Å². The molecule has 2 rings (SSSR count). The Bertz CT molecular complexity index is 840. The van der Waals surface area contributed by atoms with Crippen molar-refractivity contribution in [3.63, 3.8) is 0 Å². The largest absolute Gasteiger partial charge is 1.00 e. The summed E-state index contributed by atoms with van der Waals surface area (Å²) < 4.78 is 15.6. The molecule has 224 valence electrons. The molecule has 0 radical (unpaired) electrons. The van der Waals surface area contributed by atoms with Crippen LogP contribution in [0.1, 0.15) is 26.2 Å². The molecule has 5 N–H and O–H groups in total. The quantitative estimate of drug-likeness (QED) is 0.0187. The van der Waals surface area contributed by atoms with Crippen molar-refractivity contribution in [3.05, 3.63) is 0 Å². The number of ether oxygens (including phenoxy) is 1. The number of carbonyl (C=O) groups excluding carboxylic acids is 4. The zero-order valence-electron chi connectivity index (χ0n) is 20.8. The second-order valence-electron chi connectivity index (χ2n) is 5.87. The summed E-state index contributed by atoms with van der Waals surface area (Å²) in [5, 5.41) is 65.0. The second kappa shape index (κ2) is 28.1. The number of imide groups is 1. The second-order valence-corrected chi connectivity index (χ2v) is 8.56. The van der Waals surface area contributed by atoms with Crippen LogP contribution in [0.25, 0.3) is 0 Å². The minimum Gasteiger partial charge on any atom is -0.691 e. The Morgan fingerprint density at radius 1 is 0.976 bits per heavy atom. The number of hydroxylamine groups is 2. The molecule has 3 unspecified atom stereocenters. The van der Waals surface area contributed by atoms with Gasteiger partial charge in [0.15, 0.2) is 0 Å². The average molecular weight is 677 g/mol. The van der Waals surface area contributed by atoms with Gasteiger partial charge < -0.3 is 30.6 Å². The third kappa shape index (κ3) is 24.5. The molecule has 27 heteroatoms. The molecule has 0 aliphatic carbocycles. The number of aliphatic carboxylic acids is 3. The van der Waals surface area contributed by atoms with E-state index >= 15 is 0 Å². The van der Waals surface area contributed by atoms with Crippen molar-refractivity contribution >= 4 is 77.8 Å². The van der Waals surface area contributed by atoms with Gasteiger partial charge in [0.1, 0.15) is 15.7 Å².